The molecule has 2 aromatic carbocycles. The molecule has 1 atom stereocenters. The first-order valence-electron chi connectivity index (χ1n) is 8.31. The molecule has 0 heterocycles. The summed E-state index contributed by atoms with van der Waals surface area (Å²) >= 11 is 0. The van der Waals surface area contributed by atoms with Crippen molar-refractivity contribution in [2.24, 2.45) is 4.99 Å². The zero-order chi connectivity index (χ0) is 18.2. The molecule has 0 saturated heterocycles. The fourth-order valence-electron chi connectivity index (χ4n) is 2.33. The zero-order valence-electron chi connectivity index (χ0n) is 15.2. The van der Waals surface area contributed by atoms with E-state index in [1.165, 1.54) is 17.7 Å². The number of hydrogen-bond donors (Lipinski definition) is 2. The first-order valence-corrected chi connectivity index (χ1v) is 8.31. The zero-order valence-corrected chi connectivity index (χ0v) is 17.5. The Morgan fingerprint density at radius 3 is 2.19 bits per heavy atom. The van der Waals surface area contributed by atoms with Crippen molar-refractivity contribution in [3.8, 4) is 0 Å². The van der Waals surface area contributed by atoms with Gasteiger partial charge >= 0.3 is 0 Å². The standard InChI is InChI=1S/C19H24N4O2.HI/c1-14(2)21-19(22-15(3)17-7-5-4-6-8-17)20-13-16-9-11-18(12-10-16)23(24)25;/h4-12,14-15H,13H2,1-3H3,(H2,20,21,22);1H. The molecular weight excluding hydrogens is 443 g/mol. The fraction of sp³-hybridized carbons (Fsp3) is 0.316. The van der Waals surface area contributed by atoms with Gasteiger partial charge in [0.1, 0.15) is 0 Å². The van der Waals surface area contributed by atoms with E-state index in [1.807, 2.05) is 18.2 Å². The van der Waals surface area contributed by atoms with E-state index in [4.69, 9.17) is 0 Å². The summed E-state index contributed by atoms with van der Waals surface area (Å²) in [7, 11) is 0. The molecule has 26 heavy (non-hydrogen) atoms. The second-order valence-corrected chi connectivity index (χ2v) is 6.16. The molecule has 6 nitrogen and oxygen atoms in total. The van der Waals surface area contributed by atoms with Gasteiger partial charge in [0.05, 0.1) is 17.5 Å². The minimum absolute atomic E-state index is 0. The van der Waals surface area contributed by atoms with Crippen molar-refractivity contribution in [3.63, 3.8) is 0 Å². The quantitative estimate of drug-likeness (QED) is 0.216. The normalized spacial score (nSPS) is 12.2. The maximum atomic E-state index is 10.7. The Balaban J connectivity index is 0.00000338. The second-order valence-electron chi connectivity index (χ2n) is 6.16. The van der Waals surface area contributed by atoms with Crippen LogP contribution in [-0.2, 0) is 6.54 Å². The monoisotopic (exact) mass is 468 g/mol. The lowest BCUT2D eigenvalue weighted by Crippen LogP contribution is -2.42. The van der Waals surface area contributed by atoms with E-state index in [0.717, 1.165) is 5.56 Å². The van der Waals surface area contributed by atoms with E-state index < -0.39 is 4.92 Å². The van der Waals surface area contributed by atoms with Gasteiger partial charge in [-0.3, -0.25) is 10.1 Å². The molecule has 0 radical (unpaired) electrons. The molecule has 2 rings (SSSR count). The van der Waals surface area contributed by atoms with Crippen LogP contribution in [0.1, 0.15) is 37.9 Å². The van der Waals surface area contributed by atoms with Gasteiger partial charge in [0, 0.05) is 18.2 Å². The molecule has 140 valence electrons. The van der Waals surface area contributed by atoms with Crippen LogP contribution in [0.2, 0.25) is 0 Å². The van der Waals surface area contributed by atoms with E-state index in [1.54, 1.807) is 12.1 Å². The molecule has 0 amide bonds. The van der Waals surface area contributed by atoms with Gasteiger partial charge in [-0.1, -0.05) is 42.5 Å². The number of nitro groups is 1. The summed E-state index contributed by atoms with van der Waals surface area (Å²) in [5.74, 6) is 0.713. The maximum Gasteiger partial charge on any atom is 0.269 e. The largest absolute Gasteiger partial charge is 0.354 e. The lowest BCUT2D eigenvalue weighted by molar-refractivity contribution is -0.384. The predicted octanol–water partition coefficient (Wildman–Crippen LogP) is 4.42. The topological polar surface area (TPSA) is 79.6 Å². The molecule has 0 saturated carbocycles. The lowest BCUT2D eigenvalue weighted by Gasteiger charge is -2.20. The van der Waals surface area contributed by atoms with Gasteiger partial charge in [0.25, 0.3) is 5.69 Å². The number of nitrogens with zero attached hydrogens (tertiary/aromatic N) is 2. The highest BCUT2D eigenvalue weighted by molar-refractivity contribution is 14.0. The first kappa shape index (κ1) is 21.9. The molecule has 0 aliphatic carbocycles. The van der Waals surface area contributed by atoms with Crippen LogP contribution in [0.15, 0.2) is 59.6 Å². The lowest BCUT2D eigenvalue weighted by atomic mass is 10.1. The Labute approximate surface area is 171 Å². The van der Waals surface area contributed by atoms with Gasteiger partial charge in [-0.2, -0.15) is 0 Å². The molecule has 0 aliphatic rings. The van der Waals surface area contributed by atoms with Crippen LogP contribution in [0.5, 0.6) is 0 Å². The number of benzene rings is 2. The van der Waals surface area contributed by atoms with Gasteiger partial charge in [-0.15, -0.1) is 24.0 Å². The highest BCUT2D eigenvalue weighted by Crippen LogP contribution is 2.13. The summed E-state index contributed by atoms with van der Waals surface area (Å²) in [4.78, 5) is 14.9. The van der Waals surface area contributed by atoms with Crippen LogP contribution in [0.4, 0.5) is 5.69 Å². The number of halogens is 1. The summed E-state index contributed by atoms with van der Waals surface area (Å²) in [5.41, 5.74) is 2.18. The van der Waals surface area contributed by atoms with Crippen molar-refractivity contribution in [1.82, 2.24) is 10.6 Å². The number of guanidine groups is 1. The van der Waals surface area contributed by atoms with Crippen LogP contribution in [0.3, 0.4) is 0 Å². The highest BCUT2D eigenvalue weighted by atomic mass is 127. The Hall–Kier alpha value is -2.16. The summed E-state index contributed by atoms with van der Waals surface area (Å²) in [6, 6.07) is 17.0. The Bertz CT molecular complexity index is 718. The van der Waals surface area contributed by atoms with Crippen LogP contribution in [-0.4, -0.2) is 16.9 Å². The summed E-state index contributed by atoms with van der Waals surface area (Å²) in [6.07, 6.45) is 0. The SMILES string of the molecule is CC(C)NC(=NCc1ccc([N+](=O)[O-])cc1)NC(C)c1ccccc1.I. The van der Waals surface area contributed by atoms with Gasteiger partial charge in [0.15, 0.2) is 5.96 Å². The molecule has 0 aliphatic heterocycles. The number of nitrogens with one attached hydrogen (secondary N) is 2. The van der Waals surface area contributed by atoms with Crippen molar-refractivity contribution >= 4 is 35.6 Å². The number of hydrogen-bond acceptors (Lipinski definition) is 3. The molecule has 0 aromatic heterocycles. The van der Waals surface area contributed by atoms with Crippen LogP contribution in [0.25, 0.3) is 0 Å². The predicted molar refractivity (Wildman–Crippen MR) is 116 cm³/mol. The van der Waals surface area contributed by atoms with E-state index >= 15 is 0 Å². The first-order chi connectivity index (χ1) is 12.0. The molecule has 0 spiro atoms. The van der Waals surface area contributed by atoms with E-state index in [0.29, 0.717) is 12.5 Å². The molecule has 0 bridgehead atoms. The molecule has 1 unspecified atom stereocenters. The van der Waals surface area contributed by atoms with Gasteiger partial charge < -0.3 is 10.6 Å². The Kier molecular flexibility index (Phi) is 9.04. The Morgan fingerprint density at radius 2 is 1.65 bits per heavy atom. The van der Waals surface area contributed by atoms with Gasteiger partial charge in [-0.25, -0.2) is 4.99 Å². The minimum atomic E-state index is -0.401. The van der Waals surface area contributed by atoms with Crippen molar-refractivity contribution in [2.45, 2.75) is 39.4 Å². The smallest absolute Gasteiger partial charge is 0.269 e. The van der Waals surface area contributed by atoms with Crippen LogP contribution >= 0.6 is 24.0 Å². The van der Waals surface area contributed by atoms with E-state index in [9.17, 15) is 10.1 Å². The molecule has 2 N–H and O–H groups in total. The average molecular weight is 468 g/mol. The molecule has 2 aromatic rings. The van der Waals surface area contributed by atoms with Crippen LogP contribution in [0, 0.1) is 10.1 Å². The number of nitro benzene ring substituents is 1. The fourth-order valence-corrected chi connectivity index (χ4v) is 2.33. The van der Waals surface area contributed by atoms with Crippen molar-refractivity contribution in [1.29, 1.82) is 0 Å². The molecular formula is C19H25IN4O2. The van der Waals surface area contributed by atoms with Crippen LogP contribution < -0.4 is 10.6 Å². The second kappa shape index (κ2) is 10.7. The summed E-state index contributed by atoms with van der Waals surface area (Å²) < 4.78 is 0. The van der Waals surface area contributed by atoms with Crippen molar-refractivity contribution < 1.29 is 4.92 Å². The number of aliphatic imine (C=N–C) groups is 1. The maximum absolute atomic E-state index is 10.7. The van der Waals surface area contributed by atoms with Gasteiger partial charge in [0.2, 0.25) is 0 Å². The average Bonchev–Trinajstić information content (AvgIpc) is 2.60. The van der Waals surface area contributed by atoms with Crippen molar-refractivity contribution in [3.05, 3.63) is 75.8 Å². The molecule has 7 heteroatoms. The van der Waals surface area contributed by atoms with Crippen molar-refractivity contribution in [2.75, 3.05) is 0 Å². The van der Waals surface area contributed by atoms with E-state index in [2.05, 4.69) is 48.5 Å². The third-order valence-electron chi connectivity index (χ3n) is 3.65. The summed E-state index contributed by atoms with van der Waals surface area (Å²) in [5, 5.41) is 17.4. The number of non-ortho nitro benzene ring substituents is 1. The summed E-state index contributed by atoms with van der Waals surface area (Å²) in [6.45, 7) is 6.63. The number of rotatable bonds is 6. The highest BCUT2D eigenvalue weighted by Gasteiger charge is 2.09. The Morgan fingerprint density at radius 1 is 1.04 bits per heavy atom. The van der Waals surface area contributed by atoms with Gasteiger partial charge in [-0.05, 0) is 31.9 Å². The third kappa shape index (κ3) is 6.99. The minimum Gasteiger partial charge on any atom is -0.354 e. The molecule has 0 fully saturated rings. The van der Waals surface area contributed by atoms with E-state index in [-0.39, 0.29) is 41.7 Å². The third-order valence-corrected chi connectivity index (χ3v) is 3.65.